The van der Waals surface area contributed by atoms with Gasteiger partial charge in [-0.15, -0.1) is 0 Å². The lowest BCUT2D eigenvalue weighted by Crippen LogP contribution is -2.40. The first-order chi connectivity index (χ1) is 8.08. The number of carbonyl (C=O) groups is 1. The van der Waals surface area contributed by atoms with E-state index in [0.29, 0.717) is 6.04 Å². The Hall–Kier alpha value is -1.26. The Morgan fingerprint density at radius 3 is 2.47 bits per heavy atom. The second-order valence-electron chi connectivity index (χ2n) is 4.86. The van der Waals surface area contributed by atoms with Crippen LogP contribution >= 0.6 is 0 Å². The molecule has 1 rings (SSSR count). The number of oxime groups is 1. The molecule has 1 fully saturated rings. The Morgan fingerprint density at radius 2 is 2.00 bits per heavy atom. The number of rotatable bonds is 4. The minimum absolute atomic E-state index is 0.000701. The molecular formula is C12H23N3O2. The maximum atomic E-state index is 11.8. The van der Waals surface area contributed by atoms with Gasteiger partial charge in [0.2, 0.25) is 5.91 Å². The summed E-state index contributed by atoms with van der Waals surface area (Å²) in [7, 11) is 1.81. The normalized spacial score (nSPS) is 25.6. The Labute approximate surface area is 103 Å². The molecule has 0 radical (unpaired) electrons. The Balaban J connectivity index is 2.42. The van der Waals surface area contributed by atoms with Crippen molar-refractivity contribution in [3.05, 3.63) is 0 Å². The summed E-state index contributed by atoms with van der Waals surface area (Å²) in [6, 6.07) is 0.316. The molecule has 98 valence electrons. The molecule has 0 unspecified atom stereocenters. The molecule has 0 aromatic carbocycles. The summed E-state index contributed by atoms with van der Waals surface area (Å²) in [5.74, 6) is 0.725. The molecule has 0 atom stereocenters. The molecule has 0 aromatic heterocycles. The number of amides is 1. The molecule has 5 nitrogen and oxygen atoms in total. The van der Waals surface area contributed by atoms with Crippen molar-refractivity contribution in [3.63, 3.8) is 0 Å². The van der Waals surface area contributed by atoms with Crippen LogP contribution in [0.5, 0.6) is 0 Å². The van der Waals surface area contributed by atoms with Gasteiger partial charge in [0.15, 0.2) is 0 Å². The second-order valence-corrected chi connectivity index (χ2v) is 4.86. The molecule has 17 heavy (non-hydrogen) atoms. The van der Waals surface area contributed by atoms with Crippen LogP contribution in [0, 0.1) is 5.92 Å². The topological polar surface area (TPSA) is 78.9 Å². The average molecular weight is 241 g/mol. The largest absolute Gasteiger partial charge is 0.409 e. The van der Waals surface area contributed by atoms with E-state index in [1.54, 1.807) is 4.90 Å². The lowest BCUT2D eigenvalue weighted by Gasteiger charge is -2.34. The van der Waals surface area contributed by atoms with Gasteiger partial charge in [0.1, 0.15) is 5.84 Å². The predicted octanol–water partition coefficient (Wildman–Crippen LogP) is 1.55. The van der Waals surface area contributed by atoms with Gasteiger partial charge in [0.05, 0.1) is 6.42 Å². The molecule has 0 aliphatic heterocycles. The molecule has 5 heteroatoms. The highest BCUT2D eigenvalue weighted by atomic mass is 16.4. The highest BCUT2D eigenvalue weighted by Crippen LogP contribution is 2.29. The van der Waals surface area contributed by atoms with E-state index in [-0.39, 0.29) is 18.2 Å². The van der Waals surface area contributed by atoms with Crippen molar-refractivity contribution in [2.75, 3.05) is 7.05 Å². The Morgan fingerprint density at radius 1 is 1.41 bits per heavy atom. The first-order valence-corrected chi connectivity index (χ1v) is 6.30. The zero-order valence-corrected chi connectivity index (χ0v) is 10.7. The molecule has 1 aliphatic rings. The van der Waals surface area contributed by atoms with Gasteiger partial charge in [0.25, 0.3) is 0 Å². The van der Waals surface area contributed by atoms with Gasteiger partial charge < -0.3 is 15.8 Å². The van der Waals surface area contributed by atoms with E-state index >= 15 is 0 Å². The van der Waals surface area contributed by atoms with Crippen LogP contribution in [0.25, 0.3) is 0 Å². The summed E-state index contributed by atoms with van der Waals surface area (Å²) >= 11 is 0. The van der Waals surface area contributed by atoms with Gasteiger partial charge in [-0.3, -0.25) is 4.79 Å². The molecule has 1 saturated carbocycles. The van der Waals surface area contributed by atoms with Crippen molar-refractivity contribution in [2.45, 2.75) is 51.5 Å². The smallest absolute Gasteiger partial charge is 0.230 e. The van der Waals surface area contributed by atoms with Crippen LogP contribution in [-0.4, -0.2) is 34.9 Å². The standard InChI is InChI=1S/C12H23N3O2/c1-3-9-4-6-10(7-5-9)15(2)12(16)8-11(13)14-17/h9-10,17H,3-8H2,1-2H3,(H2,13,14). The van der Waals surface area contributed by atoms with Crippen molar-refractivity contribution in [1.29, 1.82) is 0 Å². The van der Waals surface area contributed by atoms with Crippen LogP contribution in [0.1, 0.15) is 45.4 Å². The van der Waals surface area contributed by atoms with E-state index in [1.807, 2.05) is 7.05 Å². The third kappa shape index (κ3) is 3.91. The van der Waals surface area contributed by atoms with Gasteiger partial charge in [-0.1, -0.05) is 18.5 Å². The summed E-state index contributed by atoms with van der Waals surface area (Å²) in [5, 5.41) is 11.3. The lowest BCUT2D eigenvalue weighted by atomic mass is 9.84. The molecule has 1 amide bonds. The van der Waals surface area contributed by atoms with Crippen molar-refractivity contribution in [1.82, 2.24) is 4.90 Å². The van der Waals surface area contributed by atoms with Gasteiger partial charge in [-0.2, -0.15) is 0 Å². The van der Waals surface area contributed by atoms with Crippen LogP contribution < -0.4 is 5.73 Å². The third-order valence-corrected chi connectivity index (χ3v) is 3.80. The van der Waals surface area contributed by atoms with Gasteiger partial charge >= 0.3 is 0 Å². The van der Waals surface area contributed by atoms with E-state index < -0.39 is 0 Å². The molecule has 1 aliphatic carbocycles. The van der Waals surface area contributed by atoms with Crippen molar-refractivity contribution < 1.29 is 10.0 Å². The number of nitrogens with zero attached hydrogens (tertiary/aromatic N) is 2. The zero-order valence-electron chi connectivity index (χ0n) is 10.7. The predicted molar refractivity (Wildman–Crippen MR) is 66.8 cm³/mol. The van der Waals surface area contributed by atoms with E-state index in [1.165, 1.54) is 19.3 Å². The molecule has 3 N–H and O–H groups in total. The second kappa shape index (κ2) is 6.47. The highest BCUT2D eigenvalue weighted by Gasteiger charge is 2.25. The van der Waals surface area contributed by atoms with Crippen LogP contribution in [0.3, 0.4) is 0 Å². The fraction of sp³-hybridized carbons (Fsp3) is 0.833. The maximum Gasteiger partial charge on any atom is 0.230 e. The third-order valence-electron chi connectivity index (χ3n) is 3.80. The summed E-state index contributed by atoms with van der Waals surface area (Å²) in [6.45, 7) is 2.22. The van der Waals surface area contributed by atoms with Crippen LogP contribution in [-0.2, 0) is 4.79 Å². The number of hydrogen-bond donors (Lipinski definition) is 2. The molecule has 0 aromatic rings. The SMILES string of the molecule is CCC1CCC(N(C)C(=O)C/C(N)=N/O)CC1. The van der Waals surface area contributed by atoms with Gasteiger partial charge in [-0.25, -0.2) is 0 Å². The Bertz CT molecular complexity index is 283. The van der Waals surface area contributed by atoms with Crippen LogP contribution in [0.15, 0.2) is 5.16 Å². The van der Waals surface area contributed by atoms with Gasteiger partial charge in [-0.05, 0) is 31.6 Å². The molecular weight excluding hydrogens is 218 g/mol. The van der Waals surface area contributed by atoms with E-state index in [0.717, 1.165) is 18.8 Å². The fourth-order valence-electron chi connectivity index (χ4n) is 2.46. The molecule has 0 heterocycles. The maximum absolute atomic E-state index is 11.8. The van der Waals surface area contributed by atoms with E-state index in [4.69, 9.17) is 10.9 Å². The van der Waals surface area contributed by atoms with Crippen LogP contribution in [0.4, 0.5) is 0 Å². The van der Waals surface area contributed by atoms with E-state index in [2.05, 4.69) is 12.1 Å². The first-order valence-electron chi connectivity index (χ1n) is 6.30. The highest BCUT2D eigenvalue weighted by molar-refractivity contribution is 5.98. The summed E-state index contributed by atoms with van der Waals surface area (Å²) < 4.78 is 0. The zero-order chi connectivity index (χ0) is 12.8. The average Bonchev–Trinajstić information content (AvgIpc) is 2.37. The summed E-state index contributed by atoms with van der Waals surface area (Å²) in [4.78, 5) is 13.6. The molecule has 0 bridgehead atoms. The van der Waals surface area contributed by atoms with Crippen LogP contribution in [0.2, 0.25) is 0 Å². The van der Waals surface area contributed by atoms with Gasteiger partial charge in [0, 0.05) is 13.1 Å². The summed E-state index contributed by atoms with van der Waals surface area (Å²) in [5.41, 5.74) is 5.34. The number of hydrogen-bond acceptors (Lipinski definition) is 3. The van der Waals surface area contributed by atoms with E-state index in [9.17, 15) is 4.79 Å². The first kappa shape index (κ1) is 13.8. The number of carbonyl (C=O) groups excluding carboxylic acids is 1. The minimum atomic E-state index is -0.0692. The minimum Gasteiger partial charge on any atom is -0.409 e. The quantitative estimate of drug-likeness (QED) is 0.339. The van der Waals surface area contributed by atoms with Crippen molar-refractivity contribution >= 4 is 11.7 Å². The number of amidine groups is 1. The number of nitrogens with two attached hydrogens (primary N) is 1. The Kier molecular flexibility index (Phi) is 5.25. The molecule has 0 spiro atoms. The van der Waals surface area contributed by atoms with Crippen molar-refractivity contribution in [2.24, 2.45) is 16.8 Å². The molecule has 0 saturated heterocycles. The lowest BCUT2D eigenvalue weighted by molar-refractivity contribution is -0.131. The monoisotopic (exact) mass is 241 g/mol. The summed E-state index contributed by atoms with van der Waals surface area (Å²) in [6.07, 6.45) is 5.76. The fourth-order valence-corrected chi connectivity index (χ4v) is 2.46. The van der Waals surface area contributed by atoms with Crippen molar-refractivity contribution in [3.8, 4) is 0 Å².